The van der Waals surface area contributed by atoms with Crippen molar-refractivity contribution >= 4 is 11.6 Å². The van der Waals surface area contributed by atoms with Gasteiger partial charge in [0.25, 0.3) is 5.91 Å². The summed E-state index contributed by atoms with van der Waals surface area (Å²) in [6.45, 7) is 3.50. The molecule has 1 aromatic rings. The van der Waals surface area contributed by atoms with E-state index in [0.29, 0.717) is 17.3 Å². The van der Waals surface area contributed by atoms with Crippen molar-refractivity contribution < 1.29 is 9.53 Å². The van der Waals surface area contributed by atoms with Gasteiger partial charge in [0.2, 0.25) is 0 Å². The Balaban J connectivity index is 1.70. The molecule has 1 saturated carbocycles. The topological polar surface area (TPSA) is 69.3 Å². The van der Waals surface area contributed by atoms with Crippen molar-refractivity contribution in [2.24, 2.45) is 5.92 Å². The van der Waals surface area contributed by atoms with Gasteiger partial charge in [-0.3, -0.25) is 4.79 Å². The summed E-state index contributed by atoms with van der Waals surface area (Å²) in [6, 6.07) is 1.89. The largest absolute Gasteiger partial charge is 0.397 e. The summed E-state index contributed by atoms with van der Waals surface area (Å²) in [7, 11) is 0. The lowest BCUT2D eigenvalue weighted by atomic mass is 10.1. The van der Waals surface area contributed by atoms with Crippen LogP contribution in [0.15, 0.2) is 12.3 Å². The number of nitrogens with zero attached hydrogens (tertiary/aromatic N) is 1. The van der Waals surface area contributed by atoms with E-state index in [1.54, 1.807) is 12.3 Å². The number of amides is 1. The summed E-state index contributed by atoms with van der Waals surface area (Å²) >= 11 is 0. The van der Waals surface area contributed by atoms with Gasteiger partial charge in [0.15, 0.2) is 0 Å². The highest BCUT2D eigenvalue weighted by Gasteiger charge is 2.41. The van der Waals surface area contributed by atoms with Gasteiger partial charge >= 0.3 is 0 Å². The second-order valence-corrected chi connectivity index (χ2v) is 5.49. The Labute approximate surface area is 113 Å². The van der Waals surface area contributed by atoms with Crippen LogP contribution in [0.25, 0.3) is 0 Å². The lowest BCUT2D eigenvalue weighted by Gasteiger charge is -2.19. The number of ether oxygens (including phenoxy) is 1. The van der Waals surface area contributed by atoms with Crippen molar-refractivity contribution in [1.82, 2.24) is 9.88 Å². The van der Waals surface area contributed by atoms with Crippen molar-refractivity contribution in [1.29, 1.82) is 0 Å². The molecule has 2 heterocycles. The van der Waals surface area contributed by atoms with E-state index >= 15 is 0 Å². The molecule has 5 nitrogen and oxygen atoms in total. The molecule has 3 N–H and O–H groups in total. The van der Waals surface area contributed by atoms with Gasteiger partial charge in [0.1, 0.15) is 5.69 Å². The summed E-state index contributed by atoms with van der Waals surface area (Å²) in [4.78, 5) is 12.3. The molecule has 5 heteroatoms. The van der Waals surface area contributed by atoms with Gasteiger partial charge in [-0.15, -0.1) is 0 Å². The number of nitrogen functional groups attached to an aromatic ring is 1. The molecule has 0 aromatic carbocycles. The molecule has 0 radical (unpaired) electrons. The first-order chi connectivity index (χ1) is 9.19. The maximum Gasteiger partial charge on any atom is 0.268 e. The van der Waals surface area contributed by atoms with E-state index < -0.39 is 0 Å². The Morgan fingerprint density at radius 1 is 1.53 bits per heavy atom. The fourth-order valence-corrected chi connectivity index (χ4v) is 2.88. The number of anilines is 1. The van der Waals surface area contributed by atoms with Crippen molar-refractivity contribution in [2.45, 2.75) is 44.9 Å². The second-order valence-electron chi connectivity index (χ2n) is 5.49. The summed E-state index contributed by atoms with van der Waals surface area (Å²) in [5, 5.41) is 3.11. The molecule has 2 fully saturated rings. The zero-order chi connectivity index (χ0) is 13.4. The van der Waals surface area contributed by atoms with Crippen molar-refractivity contribution in [3.05, 3.63) is 18.0 Å². The number of carbonyl (C=O) groups excluding carboxylic acids is 1. The molecule has 104 valence electrons. The monoisotopic (exact) mass is 263 g/mol. The zero-order valence-electron chi connectivity index (χ0n) is 11.3. The number of nitrogens with one attached hydrogen (secondary N) is 1. The lowest BCUT2D eigenvalue weighted by molar-refractivity contribution is 0.0725. The molecule has 2 aliphatic rings. The minimum atomic E-state index is -0.0419. The molecule has 2 unspecified atom stereocenters. The average molecular weight is 263 g/mol. The molecule has 1 aliphatic carbocycles. The van der Waals surface area contributed by atoms with E-state index in [2.05, 4.69) is 5.32 Å². The van der Waals surface area contributed by atoms with Crippen molar-refractivity contribution in [3.63, 3.8) is 0 Å². The minimum absolute atomic E-state index is 0.0419. The van der Waals surface area contributed by atoms with Gasteiger partial charge in [0, 0.05) is 19.3 Å². The van der Waals surface area contributed by atoms with Crippen LogP contribution in [0.5, 0.6) is 0 Å². The van der Waals surface area contributed by atoms with Crippen LogP contribution in [0.1, 0.15) is 36.7 Å². The maximum atomic E-state index is 12.3. The molecule has 1 amide bonds. The minimum Gasteiger partial charge on any atom is -0.397 e. The van der Waals surface area contributed by atoms with Crippen LogP contribution in [0.3, 0.4) is 0 Å². The molecule has 0 spiro atoms. The van der Waals surface area contributed by atoms with Crippen molar-refractivity contribution in [3.8, 4) is 0 Å². The molecule has 0 bridgehead atoms. The first kappa shape index (κ1) is 12.5. The molecular weight excluding hydrogens is 242 g/mol. The van der Waals surface area contributed by atoms with Gasteiger partial charge in [-0.1, -0.05) is 0 Å². The predicted octanol–water partition coefficient (Wildman–Crippen LogP) is 1.39. The van der Waals surface area contributed by atoms with Gasteiger partial charge in [0.05, 0.1) is 17.8 Å². The van der Waals surface area contributed by atoms with Crippen molar-refractivity contribution in [2.75, 3.05) is 12.3 Å². The molecule has 1 aromatic heterocycles. The first-order valence-electron chi connectivity index (χ1n) is 7.07. The van der Waals surface area contributed by atoms with Crippen LogP contribution in [0, 0.1) is 5.92 Å². The average Bonchev–Trinajstić information content (AvgIpc) is 3.01. The highest BCUT2D eigenvalue weighted by molar-refractivity contribution is 5.94. The second kappa shape index (κ2) is 4.89. The Morgan fingerprint density at radius 2 is 2.32 bits per heavy atom. The van der Waals surface area contributed by atoms with Gasteiger partial charge in [-0.05, 0) is 38.2 Å². The van der Waals surface area contributed by atoms with Crippen LogP contribution in [-0.2, 0) is 11.3 Å². The number of hydrogen-bond donors (Lipinski definition) is 2. The molecule has 19 heavy (non-hydrogen) atoms. The van der Waals surface area contributed by atoms with Crippen LogP contribution in [0.2, 0.25) is 0 Å². The van der Waals surface area contributed by atoms with E-state index in [-0.39, 0.29) is 18.1 Å². The SMILES string of the molecule is CCn1cc(N)cc1C(=O)NC1CCOC1C1CC1. The third kappa shape index (κ3) is 2.47. The summed E-state index contributed by atoms with van der Waals surface area (Å²) in [5.41, 5.74) is 7.03. The first-order valence-corrected chi connectivity index (χ1v) is 7.07. The normalized spacial score (nSPS) is 26.6. The molecule has 1 aliphatic heterocycles. The van der Waals surface area contributed by atoms with E-state index in [9.17, 15) is 4.79 Å². The predicted molar refractivity (Wildman–Crippen MR) is 72.9 cm³/mol. The third-order valence-electron chi connectivity index (χ3n) is 4.03. The molecule has 1 saturated heterocycles. The summed E-state index contributed by atoms with van der Waals surface area (Å²) in [5.74, 6) is 0.607. The highest BCUT2D eigenvalue weighted by atomic mass is 16.5. The number of aromatic nitrogens is 1. The molecular formula is C14H21N3O2. The summed E-state index contributed by atoms with van der Waals surface area (Å²) < 4.78 is 7.62. The fourth-order valence-electron chi connectivity index (χ4n) is 2.88. The molecule has 3 rings (SSSR count). The lowest BCUT2D eigenvalue weighted by Crippen LogP contribution is -2.42. The number of hydrogen-bond acceptors (Lipinski definition) is 3. The fraction of sp³-hybridized carbons (Fsp3) is 0.643. The quantitative estimate of drug-likeness (QED) is 0.862. The standard InChI is InChI=1S/C14H21N3O2/c1-2-17-8-10(15)7-12(17)14(18)16-11-5-6-19-13(11)9-3-4-9/h7-9,11,13H,2-6,15H2,1H3,(H,16,18). The Bertz CT molecular complexity index is 479. The van der Waals surface area contributed by atoms with Crippen LogP contribution in [0.4, 0.5) is 5.69 Å². The summed E-state index contributed by atoms with van der Waals surface area (Å²) in [6.07, 6.45) is 5.39. The van der Waals surface area contributed by atoms with Crippen LogP contribution >= 0.6 is 0 Å². The van der Waals surface area contributed by atoms with E-state index in [1.165, 1.54) is 12.8 Å². The number of nitrogens with two attached hydrogens (primary N) is 1. The van der Waals surface area contributed by atoms with Gasteiger partial charge < -0.3 is 20.4 Å². The number of rotatable bonds is 4. The van der Waals surface area contributed by atoms with Gasteiger partial charge in [-0.2, -0.15) is 0 Å². The molecule has 2 atom stereocenters. The van der Waals surface area contributed by atoms with E-state index in [1.807, 2.05) is 11.5 Å². The number of carbonyl (C=O) groups is 1. The highest BCUT2D eigenvalue weighted by Crippen LogP contribution is 2.38. The Hall–Kier alpha value is -1.49. The smallest absolute Gasteiger partial charge is 0.268 e. The third-order valence-corrected chi connectivity index (χ3v) is 4.03. The maximum absolute atomic E-state index is 12.3. The zero-order valence-corrected chi connectivity index (χ0v) is 11.3. The van der Waals surface area contributed by atoms with Crippen LogP contribution < -0.4 is 11.1 Å². The van der Waals surface area contributed by atoms with Gasteiger partial charge in [-0.25, -0.2) is 0 Å². The van der Waals surface area contributed by atoms with Crippen LogP contribution in [-0.4, -0.2) is 29.2 Å². The Morgan fingerprint density at radius 3 is 3.00 bits per heavy atom. The van der Waals surface area contributed by atoms with E-state index in [0.717, 1.165) is 19.6 Å². The number of aryl methyl sites for hydroxylation is 1. The van der Waals surface area contributed by atoms with E-state index in [4.69, 9.17) is 10.5 Å². The Kier molecular flexibility index (Phi) is 3.22.